The molecule has 0 aromatic heterocycles. The fourth-order valence-corrected chi connectivity index (χ4v) is 3.31. The molecule has 2 saturated heterocycles. The number of ether oxygens (including phenoxy) is 1. The van der Waals surface area contributed by atoms with Gasteiger partial charge >= 0.3 is 5.69 Å². The van der Waals surface area contributed by atoms with Crippen molar-refractivity contribution in [1.82, 2.24) is 4.90 Å². The summed E-state index contributed by atoms with van der Waals surface area (Å²) in [6.07, 6.45) is 2.88. The van der Waals surface area contributed by atoms with E-state index in [1.807, 2.05) is 0 Å². The number of aromatic hydroxyl groups is 1. The van der Waals surface area contributed by atoms with Gasteiger partial charge in [-0.25, -0.2) is 0 Å². The second kappa shape index (κ2) is 5.57. The van der Waals surface area contributed by atoms with Crippen molar-refractivity contribution >= 4 is 11.6 Å². The third-order valence-corrected chi connectivity index (χ3v) is 4.70. The van der Waals surface area contributed by atoms with Crippen molar-refractivity contribution in [3.8, 4) is 5.75 Å². The lowest BCUT2D eigenvalue weighted by Crippen LogP contribution is -2.35. The molecule has 2 heterocycles. The molecule has 0 atom stereocenters. The van der Waals surface area contributed by atoms with Crippen molar-refractivity contribution in [3.63, 3.8) is 0 Å². The summed E-state index contributed by atoms with van der Waals surface area (Å²) in [5.41, 5.74) is 0.0441. The van der Waals surface area contributed by atoms with Crippen LogP contribution in [0.3, 0.4) is 0 Å². The summed E-state index contributed by atoms with van der Waals surface area (Å²) >= 11 is 0. The molecule has 0 radical (unpaired) electrons. The molecule has 1 aromatic rings. The second-order valence-electron chi connectivity index (χ2n) is 6.05. The Morgan fingerprint density at radius 2 is 2.05 bits per heavy atom. The molecule has 3 rings (SSSR count). The first-order valence-corrected chi connectivity index (χ1v) is 7.35. The number of hydrogen-bond donors (Lipinski definition) is 1. The van der Waals surface area contributed by atoms with Crippen LogP contribution in [0.2, 0.25) is 0 Å². The van der Waals surface area contributed by atoms with Gasteiger partial charge in [0.2, 0.25) is 0 Å². The van der Waals surface area contributed by atoms with Crippen LogP contribution >= 0.6 is 0 Å². The number of nitrogens with zero attached hydrogens (tertiary/aromatic N) is 2. The number of phenolic OH excluding ortho intramolecular Hbond substituents is 1. The summed E-state index contributed by atoms with van der Waals surface area (Å²) < 4.78 is 5.39. The Balaban J connectivity index is 1.75. The van der Waals surface area contributed by atoms with Crippen LogP contribution in [0.25, 0.3) is 0 Å². The maximum atomic E-state index is 12.5. The lowest BCUT2D eigenvalue weighted by Gasteiger charge is -2.33. The van der Waals surface area contributed by atoms with E-state index in [0.717, 1.165) is 32.5 Å². The van der Waals surface area contributed by atoms with Crippen molar-refractivity contribution in [3.05, 3.63) is 33.9 Å². The Hall–Kier alpha value is -2.15. The van der Waals surface area contributed by atoms with Gasteiger partial charge in [-0.3, -0.25) is 14.9 Å². The average molecular weight is 306 g/mol. The lowest BCUT2D eigenvalue weighted by molar-refractivity contribution is -0.385. The van der Waals surface area contributed by atoms with Gasteiger partial charge in [-0.2, -0.15) is 0 Å². The first-order chi connectivity index (χ1) is 10.5. The van der Waals surface area contributed by atoms with E-state index in [9.17, 15) is 20.0 Å². The average Bonchev–Trinajstić information content (AvgIpc) is 2.90. The van der Waals surface area contributed by atoms with Crippen LogP contribution in [0.1, 0.15) is 29.6 Å². The summed E-state index contributed by atoms with van der Waals surface area (Å²) in [6, 6.07) is 3.74. The fraction of sp³-hybridized carbons (Fsp3) is 0.533. The maximum absolute atomic E-state index is 12.5. The van der Waals surface area contributed by atoms with E-state index in [0.29, 0.717) is 13.1 Å². The number of hydrogen-bond acceptors (Lipinski definition) is 5. The molecule has 7 nitrogen and oxygen atoms in total. The van der Waals surface area contributed by atoms with Gasteiger partial charge in [-0.1, -0.05) is 0 Å². The summed E-state index contributed by atoms with van der Waals surface area (Å²) in [5, 5.41) is 20.4. The molecular formula is C15H18N2O5. The van der Waals surface area contributed by atoms with Crippen molar-refractivity contribution < 1.29 is 19.6 Å². The molecule has 2 aliphatic heterocycles. The zero-order valence-electron chi connectivity index (χ0n) is 12.2. The van der Waals surface area contributed by atoms with Gasteiger partial charge in [0, 0.05) is 37.9 Å². The van der Waals surface area contributed by atoms with Gasteiger partial charge in [-0.05, 0) is 36.8 Å². The molecule has 0 unspecified atom stereocenters. The van der Waals surface area contributed by atoms with E-state index < -0.39 is 10.7 Å². The van der Waals surface area contributed by atoms with Crippen molar-refractivity contribution in [1.29, 1.82) is 0 Å². The topological polar surface area (TPSA) is 92.9 Å². The van der Waals surface area contributed by atoms with Crippen LogP contribution in [-0.2, 0) is 4.74 Å². The van der Waals surface area contributed by atoms with E-state index in [1.54, 1.807) is 4.90 Å². The van der Waals surface area contributed by atoms with Crippen molar-refractivity contribution in [2.75, 3.05) is 26.3 Å². The third-order valence-electron chi connectivity index (χ3n) is 4.70. The monoisotopic (exact) mass is 306 g/mol. The Bertz CT molecular complexity index is 610. The normalized spacial score (nSPS) is 20.3. The Morgan fingerprint density at radius 1 is 1.32 bits per heavy atom. The number of carbonyl (C=O) groups is 1. The summed E-state index contributed by atoms with van der Waals surface area (Å²) in [5.74, 6) is -0.663. The predicted molar refractivity (Wildman–Crippen MR) is 77.8 cm³/mol. The third kappa shape index (κ3) is 2.64. The van der Waals surface area contributed by atoms with Gasteiger partial charge in [0.25, 0.3) is 5.91 Å². The molecule has 1 aromatic carbocycles. The van der Waals surface area contributed by atoms with Crippen LogP contribution < -0.4 is 0 Å². The number of benzene rings is 1. The minimum absolute atomic E-state index is 0.150. The first kappa shape index (κ1) is 14.8. The Kier molecular flexibility index (Phi) is 3.74. The van der Waals surface area contributed by atoms with Gasteiger partial charge in [0.05, 0.1) is 4.92 Å². The Labute approximate surface area is 127 Å². The highest BCUT2D eigenvalue weighted by molar-refractivity contribution is 5.95. The van der Waals surface area contributed by atoms with Crippen LogP contribution in [0.15, 0.2) is 18.2 Å². The molecule has 0 aliphatic carbocycles. The largest absolute Gasteiger partial charge is 0.502 e. The first-order valence-electron chi connectivity index (χ1n) is 7.35. The number of nitro groups is 1. The number of carbonyl (C=O) groups excluding carboxylic acids is 1. The minimum Gasteiger partial charge on any atom is -0.502 e. The van der Waals surface area contributed by atoms with E-state index >= 15 is 0 Å². The van der Waals surface area contributed by atoms with Crippen LogP contribution in [0, 0.1) is 15.5 Å². The van der Waals surface area contributed by atoms with Gasteiger partial charge < -0.3 is 14.7 Å². The molecular weight excluding hydrogens is 288 g/mol. The van der Waals surface area contributed by atoms with Crippen LogP contribution in [0.4, 0.5) is 5.69 Å². The number of phenols is 1. The molecule has 22 heavy (non-hydrogen) atoms. The van der Waals surface area contributed by atoms with E-state index in [1.165, 1.54) is 18.2 Å². The highest BCUT2D eigenvalue weighted by Crippen LogP contribution is 2.40. The SMILES string of the molecule is O=C(c1ccc([N+](=O)[O-])c(O)c1)N1CCC2(CCOCC2)C1. The minimum atomic E-state index is -0.670. The smallest absolute Gasteiger partial charge is 0.310 e. The molecule has 1 amide bonds. The van der Waals surface area contributed by atoms with Crippen molar-refractivity contribution in [2.45, 2.75) is 19.3 Å². The fourth-order valence-electron chi connectivity index (χ4n) is 3.31. The molecule has 2 aliphatic rings. The standard InChI is InChI=1S/C15H18N2O5/c18-13-9-11(1-2-12(13)17(20)21)14(19)16-6-3-15(10-16)4-7-22-8-5-15/h1-2,9,18H,3-8,10H2. The second-order valence-corrected chi connectivity index (χ2v) is 6.05. The number of likely N-dealkylation sites (tertiary alicyclic amines) is 1. The van der Waals surface area contributed by atoms with Crippen LogP contribution in [0.5, 0.6) is 5.75 Å². The number of nitro benzene ring substituents is 1. The van der Waals surface area contributed by atoms with Gasteiger partial charge in [0.1, 0.15) is 0 Å². The van der Waals surface area contributed by atoms with E-state index in [2.05, 4.69) is 0 Å². The highest BCUT2D eigenvalue weighted by Gasteiger charge is 2.41. The predicted octanol–water partition coefficient (Wildman–Crippen LogP) is 1.94. The zero-order valence-corrected chi connectivity index (χ0v) is 12.2. The van der Waals surface area contributed by atoms with Crippen LogP contribution in [-0.4, -0.2) is 47.1 Å². The summed E-state index contributed by atoms with van der Waals surface area (Å²) in [4.78, 5) is 24.3. The maximum Gasteiger partial charge on any atom is 0.310 e. The number of amides is 1. The molecule has 7 heteroatoms. The zero-order chi connectivity index (χ0) is 15.7. The summed E-state index contributed by atoms with van der Waals surface area (Å²) in [7, 11) is 0. The molecule has 0 saturated carbocycles. The molecule has 0 bridgehead atoms. The van der Waals surface area contributed by atoms with E-state index in [-0.39, 0.29) is 22.6 Å². The van der Waals surface area contributed by atoms with Gasteiger partial charge in [0.15, 0.2) is 5.75 Å². The van der Waals surface area contributed by atoms with Gasteiger partial charge in [-0.15, -0.1) is 0 Å². The van der Waals surface area contributed by atoms with Crippen molar-refractivity contribution in [2.24, 2.45) is 5.41 Å². The quantitative estimate of drug-likeness (QED) is 0.666. The number of rotatable bonds is 2. The molecule has 1 spiro atoms. The summed E-state index contributed by atoms with van der Waals surface area (Å²) in [6.45, 7) is 2.84. The molecule has 1 N–H and O–H groups in total. The van der Waals surface area contributed by atoms with E-state index in [4.69, 9.17) is 4.74 Å². The lowest BCUT2D eigenvalue weighted by atomic mass is 9.80. The highest BCUT2D eigenvalue weighted by atomic mass is 16.6. The molecule has 118 valence electrons. The Morgan fingerprint density at radius 3 is 2.68 bits per heavy atom. The molecule has 2 fully saturated rings.